The molecule has 0 saturated carbocycles. The summed E-state index contributed by atoms with van der Waals surface area (Å²) in [6, 6.07) is 5.50. The van der Waals surface area contributed by atoms with Gasteiger partial charge in [-0.05, 0) is 43.9 Å². The van der Waals surface area contributed by atoms with Crippen molar-refractivity contribution >= 4 is 29.1 Å². The third-order valence-corrected chi connectivity index (χ3v) is 4.62. The zero-order valence-corrected chi connectivity index (χ0v) is 13.9. The Labute approximate surface area is 136 Å². The summed E-state index contributed by atoms with van der Waals surface area (Å²) in [5.74, 6) is 0.184. The molecule has 1 N–H and O–H groups in total. The minimum atomic E-state index is -0.0379. The number of nitrogens with zero attached hydrogens (tertiary/aromatic N) is 1. The number of halogens is 1. The highest BCUT2D eigenvalue weighted by atomic mass is 35.5. The molecule has 2 rings (SSSR count). The molecule has 120 valence electrons. The van der Waals surface area contributed by atoms with Crippen molar-refractivity contribution in [2.45, 2.75) is 39.5 Å². The van der Waals surface area contributed by atoms with Gasteiger partial charge in [-0.3, -0.25) is 9.59 Å². The molecule has 0 bridgehead atoms. The number of likely N-dealkylation sites (tertiary alicyclic amines) is 1. The van der Waals surface area contributed by atoms with Crippen LogP contribution in [0.15, 0.2) is 18.2 Å². The average Bonchev–Trinajstić information content (AvgIpc) is 2.52. The predicted molar refractivity (Wildman–Crippen MR) is 89.0 cm³/mol. The minimum Gasteiger partial charge on any atom is -0.343 e. The summed E-state index contributed by atoms with van der Waals surface area (Å²) < 4.78 is 0. The van der Waals surface area contributed by atoms with Gasteiger partial charge in [0, 0.05) is 36.1 Å². The summed E-state index contributed by atoms with van der Waals surface area (Å²) in [6.45, 7) is 5.24. The monoisotopic (exact) mass is 322 g/mol. The first-order valence-corrected chi connectivity index (χ1v) is 8.24. The van der Waals surface area contributed by atoms with Crippen LogP contribution in [0.3, 0.4) is 0 Å². The molecule has 1 aliphatic rings. The number of piperidine rings is 1. The largest absolute Gasteiger partial charge is 0.343 e. The Kier molecular flexibility index (Phi) is 5.83. The Morgan fingerprint density at radius 2 is 2.00 bits per heavy atom. The van der Waals surface area contributed by atoms with Gasteiger partial charge >= 0.3 is 0 Å². The molecule has 5 heteroatoms. The van der Waals surface area contributed by atoms with Crippen molar-refractivity contribution in [1.29, 1.82) is 0 Å². The Morgan fingerprint density at radius 3 is 2.64 bits per heavy atom. The third kappa shape index (κ3) is 4.01. The molecule has 0 spiro atoms. The number of anilines is 1. The number of hydrogen-bond donors (Lipinski definition) is 1. The molecule has 2 amide bonds. The summed E-state index contributed by atoms with van der Waals surface area (Å²) in [5, 5.41) is 3.61. The van der Waals surface area contributed by atoms with E-state index in [0.717, 1.165) is 30.5 Å². The molecule has 22 heavy (non-hydrogen) atoms. The average molecular weight is 323 g/mol. The molecule has 0 aromatic heterocycles. The van der Waals surface area contributed by atoms with Crippen molar-refractivity contribution in [2.24, 2.45) is 5.92 Å². The lowest BCUT2D eigenvalue weighted by atomic mass is 9.95. The zero-order chi connectivity index (χ0) is 16.1. The second kappa shape index (κ2) is 7.63. The van der Waals surface area contributed by atoms with Crippen molar-refractivity contribution in [3.63, 3.8) is 0 Å². The van der Waals surface area contributed by atoms with E-state index in [1.165, 1.54) is 0 Å². The van der Waals surface area contributed by atoms with E-state index in [2.05, 4.69) is 5.32 Å². The van der Waals surface area contributed by atoms with Gasteiger partial charge in [-0.2, -0.15) is 0 Å². The van der Waals surface area contributed by atoms with Gasteiger partial charge in [0.1, 0.15) is 0 Å². The maximum absolute atomic E-state index is 12.4. The zero-order valence-electron chi connectivity index (χ0n) is 13.2. The van der Waals surface area contributed by atoms with Gasteiger partial charge in [-0.25, -0.2) is 0 Å². The van der Waals surface area contributed by atoms with E-state index in [1.807, 2.05) is 36.9 Å². The van der Waals surface area contributed by atoms with Crippen LogP contribution in [-0.4, -0.2) is 29.8 Å². The van der Waals surface area contributed by atoms with E-state index in [0.29, 0.717) is 24.5 Å². The molecule has 0 aliphatic carbocycles. The highest BCUT2D eigenvalue weighted by molar-refractivity contribution is 6.31. The fourth-order valence-corrected chi connectivity index (χ4v) is 2.92. The molecule has 1 aromatic rings. The van der Waals surface area contributed by atoms with Crippen molar-refractivity contribution < 1.29 is 9.59 Å². The Hall–Kier alpha value is -1.55. The van der Waals surface area contributed by atoms with Crippen LogP contribution in [0.25, 0.3) is 0 Å². The molecule has 1 saturated heterocycles. The highest BCUT2D eigenvalue weighted by Gasteiger charge is 2.27. The van der Waals surface area contributed by atoms with Crippen LogP contribution in [0.5, 0.6) is 0 Å². The molecule has 1 aromatic carbocycles. The standard InChI is InChI=1S/C17H23ClN2O2/c1-3-5-16(21)20-10-8-13(9-11-20)17(22)19-15-7-4-6-14(18)12(15)2/h4,6-7,13H,3,5,8-11H2,1-2H3,(H,19,22). The summed E-state index contributed by atoms with van der Waals surface area (Å²) in [4.78, 5) is 26.1. The van der Waals surface area contributed by atoms with E-state index in [4.69, 9.17) is 11.6 Å². The summed E-state index contributed by atoms with van der Waals surface area (Å²) in [6.07, 6.45) is 2.91. The third-order valence-electron chi connectivity index (χ3n) is 4.21. The summed E-state index contributed by atoms with van der Waals surface area (Å²) >= 11 is 6.07. The van der Waals surface area contributed by atoms with Crippen LogP contribution in [0.2, 0.25) is 5.02 Å². The number of hydrogen-bond acceptors (Lipinski definition) is 2. The van der Waals surface area contributed by atoms with Crippen molar-refractivity contribution in [1.82, 2.24) is 4.90 Å². The molecule has 1 heterocycles. The molecule has 4 nitrogen and oxygen atoms in total. The van der Waals surface area contributed by atoms with E-state index in [-0.39, 0.29) is 17.7 Å². The molecule has 1 fully saturated rings. The van der Waals surface area contributed by atoms with Crippen LogP contribution in [0.1, 0.15) is 38.2 Å². The first-order valence-electron chi connectivity index (χ1n) is 7.86. The lowest BCUT2D eigenvalue weighted by molar-refractivity contribution is -0.134. The maximum atomic E-state index is 12.4. The van der Waals surface area contributed by atoms with Crippen molar-refractivity contribution in [3.05, 3.63) is 28.8 Å². The summed E-state index contributed by atoms with van der Waals surface area (Å²) in [7, 11) is 0. The molecular formula is C17H23ClN2O2. The summed E-state index contributed by atoms with van der Waals surface area (Å²) in [5.41, 5.74) is 1.65. The SMILES string of the molecule is CCCC(=O)N1CCC(C(=O)Nc2cccc(Cl)c2C)CC1. The number of carbonyl (C=O) groups excluding carboxylic acids is 2. The van der Waals surface area contributed by atoms with Gasteiger partial charge in [0.2, 0.25) is 11.8 Å². The van der Waals surface area contributed by atoms with Crippen LogP contribution in [-0.2, 0) is 9.59 Å². The van der Waals surface area contributed by atoms with Gasteiger partial charge in [0.25, 0.3) is 0 Å². The van der Waals surface area contributed by atoms with Gasteiger partial charge in [-0.15, -0.1) is 0 Å². The van der Waals surface area contributed by atoms with Crippen LogP contribution in [0, 0.1) is 12.8 Å². The Bertz CT molecular complexity index is 552. The van der Waals surface area contributed by atoms with Gasteiger partial charge in [-0.1, -0.05) is 24.6 Å². The highest BCUT2D eigenvalue weighted by Crippen LogP contribution is 2.25. The number of rotatable bonds is 4. The first-order chi connectivity index (χ1) is 10.5. The maximum Gasteiger partial charge on any atom is 0.227 e. The lowest BCUT2D eigenvalue weighted by Gasteiger charge is -2.31. The predicted octanol–water partition coefficient (Wildman–Crippen LogP) is 3.63. The minimum absolute atomic E-state index is 0.0213. The normalized spacial score (nSPS) is 15.7. The van der Waals surface area contributed by atoms with Crippen LogP contribution in [0.4, 0.5) is 5.69 Å². The van der Waals surface area contributed by atoms with Gasteiger partial charge in [0.15, 0.2) is 0 Å². The Morgan fingerprint density at radius 1 is 1.32 bits per heavy atom. The van der Waals surface area contributed by atoms with E-state index in [1.54, 1.807) is 0 Å². The number of benzene rings is 1. The Balaban J connectivity index is 1.90. The van der Waals surface area contributed by atoms with Gasteiger partial charge < -0.3 is 10.2 Å². The van der Waals surface area contributed by atoms with Crippen molar-refractivity contribution in [3.8, 4) is 0 Å². The van der Waals surface area contributed by atoms with Crippen LogP contribution >= 0.6 is 11.6 Å². The molecule has 1 aliphatic heterocycles. The number of nitrogens with one attached hydrogen (secondary N) is 1. The number of amides is 2. The fourth-order valence-electron chi connectivity index (χ4n) is 2.74. The first kappa shape index (κ1) is 16.8. The molecule has 0 atom stereocenters. The lowest BCUT2D eigenvalue weighted by Crippen LogP contribution is -2.41. The quantitative estimate of drug-likeness (QED) is 0.920. The molecule has 0 unspecified atom stereocenters. The topological polar surface area (TPSA) is 49.4 Å². The second-order valence-electron chi connectivity index (χ2n) is 5.81. The molecule has 0 radical (unpaired) electrons. The van der Waals surface area contributed by atoms with E-state index >= 15 is 0 Å². The second-order valence-corrected chi connectivity index (χ2v) is 6.21. The number of carbonyl (C=O) groups is 2. The smallest absolute Gasteiger partial charge is 0.227 e. The molecular weight excluding hydrogens is 300 g/mol. The van der Waals surface area contributed by atoms with Crippen molar-refractivity contribution in [2.75, 3.05) is 18.4 Å². The fraction of sp³-hybridized carbons (Fsp3) is 0.529. The van der Waals surface area contributed by atoms with E-state index in [9.17, 15) is 9.59 Å². The van der Waals surface area contributed by atoms with Crippen LogP contribution < -0.4 is 5.32 Å². The van der Waals surface area contributed by atoms with Gasteiger partial charge in [0.05, 0.1) is 0 Å². The van der Waals surface area contributed by atoms with E-state index < -0.39 is 0 Å².